The molecule has 3 aromatic rings. The predicted octanol–water partition coefficient (Wildman–Crippen LogP) is 1.98. The molecule has 2 aromatic heterocycles. The molecular formula is C16H11F2N5O3. The van der Waals surface area contributed by atoms with E-state index in [1.807, 2.05) is 0 Å². The normalized spacial score (nSPS) is 10.4. The second kappa shape index (κ2) is 7.05. The monoisotopic (exact) mass is 359 g/mol. The summed E-state index contributed by atoms with van der Waals surface area (Å²) in [6.07, 6.45) is 4.71. The third-order valence-corrected chi connectivity index (χ3v) is 3.37. The van der Waals surface area contributed by atoms with Crippen molar-refractivity contribution >= 4 is 17.6 Å². The maximum absolute atomic E-state index is 13.5. The fraction of sp³-hybridized carbons (Fsp3) is 0.0625. The molecule has 0 unspecified atom stereocenters. The number of ether oxygens (including phenoxy) is 1. The SMILES string of the molecule is COC(=O)c1cc(F)c(F)cc1NC(=O)c1ccc(-n2ccnc2)nn1. The van der Waals surface area contributed by atoms with Crippen LogP contribution < -0.4 is 5.32 Å². The Morgan fingerprint density at radius 1 is 1.15 bits per heavy atom. The molecule has 0 spiro atoms. The number of hydrogen-bond donors (Lipinski definition) is 1. The number of imidazole rings is 1. The van der Waals surface area contributed by atoms with Crippen LogP contribution >= 0.6 is 0 Å². The average Bonchev–Trinajstić information content (AvgIpc) is 3.18. The van der Waals surface area contributed by atoms with Crippen LogP contribution in [-0.2, 0) is 4.74 Å². The Bertz CT molecular complexity index is 959. The number of nitrogens with zero attached hydrogens (tertiary/aromatic N) is 4. The van der Waals surface area contributed by atoms with Crippen molar-refractivity contribution in [2.45, 2.75) is 0 Å². The second-order valence-electron chi connectivity index (χ2n) is 5.00. The van der Waals surface area contributed by atoms with E-state index in [2.05, 4.69) is 25.2 Å². The number of carbonyl (C=O) groups excluding carboxylic acids is 2. The third-order valence-electron chi connectivity index (χ3n) is 3.37. The van der Waals surface area contributed by atoms with Gasteiger partial charge in [-0.05, 0) is 18.2 Å². The number of esters is 1. The Labute approximate surface area is 145 Å². The molecule has 0 atom stereocenters. The third kappa shape index (κ3) is 3.38. The van der Waals surface area contributed by atoms with E-state index in [1.54, 1.807) is 17.0 Å². The molecule has 0 bridgehead atoms. The first-order valence-electron chi connectivity index (χ1n) is 7.20. The van der Waals surface area contributed by atoms with Crippen LogP contribution in [0.4, 0.5) is 14.5 Å². The van der Waals surface area contributed by atoms with Gasteiger partial charge in [0.25, 0.3) is 5.91 Å². The lowest BCUT2D eigenvalue weighted by atomic mass is 10.1. The van der Waals surface area contributed by atoms with E-state index in [-0.39, 0.29) is 16.9 Å². The zero-order valence-electron chi connectivity index (χ0n) is 13.3. The molecule has 1 aromatic carbocycles. The van der Waals surface area contributed by atoms with Crippen molar-refractivity contribution in [2.75, 3.05) is 12.4 Å². The number of methoxy groups -OCH3 is 1. The number of hydrogen-bond acceptors (Lipinski definition) is 6. The lowest BCUT2D eigenvalue weighted by molar-refractivity contribution is 0.0601. The minimum Gasteiger partial charge on any atom is -0.465 e. The fourth-order valence-corrected chi connectivity index (χ4v) is 2.09. The standard InChI is InChI=1S/C16H11F2N5O3/c1-26-16(25)9-6-10(17)11(18)7-13(9)20-15(24)12-2-3-14(22-21-12)23-5-4-19-8-23/h2-8H,1H3,(H,20,24). The van der Waals surface area contributed by atoms with Gasteiger partial charge >= 0.3 is 5.97 Å². The lowest BCUT2D eigenvalue weighted by Gasteiger charge is -2.10. The quantitative estimate of drug-likeness (QED) is 0.715. The van der Waals surface area contributed by atoms with Gasteiger partial charge in [-0.25, -0.2) is 18.6 Å². The van der Waals surface area contributed by atoms with Gasteiger partial charge < -0.3 is 10.1 Å². The van der Waals surface area contributed by atoms with Gasteiger partial charge in [0.1, 0.15) is 6.33 Å². The van der Waals surface area contributed by atoms with Crippen LogP contribution in [0.25, 0.3) is 5.82 Å². The van der Waals surface area contributed by atoms with Gasteiger partial charge in [-0.2, -0.15) is 0 Å². The fourth-order valence-electron chi connectivity index (χ4n) is 2.09. The molecule has 0 fully saturated rings. The van der Waals surface area contributed by atoms with Crippen molar-refractivity contribution in [3.05, 3.63) is 65.9 Å². The van der Waals surface area contributed by atoms with Crippen LogP contribution in [0.3, 0.4) is 0 Å². The highest BCUT2D eigenvalue weighted by Gasteiger charge is 2.19. The largest absolute Gasteiger partial charge is 0.465 e. The van der Waals surface area contributed by atoms with Gasteiger partial charge in [0.15, 0.2) is 23.1 Å². The summed E-state index contributed by atoms with van der Waals surface area (Å²) in [5.41, 5.74) is -0.668. The minimum absolute atomic E-state index is 0.0885. The molecule has 0 saturated carbocycles. The van der Waals surface area contributed by atoms with E-state index in [4.69, 9.17) is 0 Å². The van der Waals surface area contributed by atoms with Crippen LogP contribution in [0.15, 0.2) is 43.0 Å². The van der Waals surface area contributed by atoms with Crippen molar-refractivity contribution in [1.29, 1.82) is 0 Å². The molecule has 1 amide bonds. The number of amides is 1. The van der Waals surface area contributed by atoms with Crippen molar-refractivity contribution < 1.29 is 23.1 Å². The molecule has 0 radical (unpaired) electrons. The van der Waals surface area contributed by atoms with Crippen molar-refractivity contribution in [3.63, 3.8) is 0 Å². The molecular weight excluding hydrogens is 348 g/mol. The molecule has 0 aliphatic heterocycles. The molecule has 2 heterocycles. The van der Waals surface area contributed by atoms with Gasteiger partial charge in [-0.15, -0.1) is 10.2 Å². The Morgan fingerprint density at radius 2 is 1.92 bits per heavy atom. The minimum atomic E-state index is -1.24. The number of benzene rings is 1. The van der Waals surface area contributed by atoms with Crippen molar-refractivity contribution in [2.24, 2.45) is 0 Å². The molecule has 1 N–H and O–H groups in total. The van der Waals surface area contributed by atoms with Gasteiger partial charge in [0.2, 0.25) is 0 Å². The van der Waals surface area contributed by atoms with Crippen LogP contribution in [0.2, 0.25) is 0 Å². The summed E-state index contributed by atoms with van der Waals surface area (Å²) < 4.78 is 32.9. The first-order valence-corrected chi connectivity index (χ1v) is 7.20. The first-order chi connectivity index (χ1) is 12.5. The first kappa shape index (κ1) is 17.1. The Kier molecular flexibility index (Phi) is 4.65. The number of carbonyl (C=O) groups is 2. The van der Waals surface area contributed by atoms with Gasteiger partial charge in [0, 0.05) is 18.5 Å². The molecule has 10 heteroatoms. The van der Waals surface area contributed by atoms with E-state index in [9.17, 15) is 18.4 Å². The van der Waals surface area contributed by atoms with Crippen molar-refractivity contribution in [3.8, 4) is 5.82 Å². The summed E-state index contributed by atoms with van der Waals surface area (Å²) >= 11 is 0. The zero-order chi connectivity index (χ0) is 18.7. The van der Waals surface area contributed by atoms with E-state index < -0.39 is 23.5 Å². The highest BCUT2D eigenvalue weighted by atomic mass is 19.2. The molecule has 0 aliphatic rings. The summed E-state index contributed by atoms with van der Waals surface area (Å²) in [4.78, 5) is 27.8. The van der Waals surface area contributed by atoms with E-state index in [0.29, 0.717) is 18.0 Å². The van der Waals surface area contributed by atoms with Gasteiger partial charge in [-0.1, -0.05) is 0 Å². The Morgan fingerprint density at radius 3 is 2.54 bits per heavy atom. The number of halogens is 2. The van der Waals surface area contributed by atoms with E-state index in [1.165, 1.54) is 18.5 Å². The van der Waals surface area contributed by atoms with Crippen molar-refractivity contribution in [1.82, 2.24) is 19.7 Å². The predicted molar refractivity (Wildman–Crippen MR) is 84.8 cm³/mol. The van der Waals surface area contributed by atoms with Crippen LogP contribution in [0.5, 0.6) is 0 Å². The lowest BCUT2D eigenvalue weighted by Crippen LogP contribution is -2.18. The van der Waals surface area contributed by atoms with Crippen LogP contribution in [-0.4, -0.2) is 38.7 Å². The number of rotatable bonds is 4. The molecule has 0 aliphatic carbocycles. The topological polar surface area (TPSA) is 99.0 Å². The maximum atomic E-state index is 13.5. The summed E-state index contributed by atoms with van der Waals surface area (Å²) in [5, 5.41) is 9.94. The number of anilines is 1. The Balaban J connectivity index is 1.86. The summed E-state index contributed by atoms with van der Waals surface area (Å²) in [7, 11) is 1.08. The molecule has 3 rings (SSSR count). The smallest absolute Gasteiger partial charge is 0.340 e. The maximum Gasteiger partial charge on any atom is 0.340 e. The summed E-state index contributed by atoms with van der Waals surface area (Å²) in [6, 6.07) is 4.24. The Hall–Kier alpha value is -3.69. The van der Waals surface area contributed by atoms with Crippen LogP contribution in [0, 0.1) is 11.6 Å². The number of nitrogens with one attached hydrogen (secondary N) is 1. The van der Waals surface area contributed by atoms with E-state index >= 15 is 0 Å². The highest BCUT2D eigenvalue weighted by Crippen LogP contribution is 2.21. The summed E-state index contributed by atoms with van der Waals surface area (Å²) in [5.74, 6) is -3.73. The molecule has 0 saturated heterocycles. The summed E-state index contributed by atoms with van der Waals surface area (Å²) in [6.45, 7) is 0. The second-order valence-corrected chi connectivity index (χ2v) is 5.00. The average molecular weight is 359 g/mol. The van der Waals surface area contributed by atoms with Gasteiger partial charge in [0.05, 0.1) is 18.4 Å². The van der Waals surface area contributed by atoms with Crippen LogP contribution in [0.1, 0.15) is 20.8 Å². The van der Waals surface area contributed by atoms with E-state index in [0.717, 1.165) is 7.11 Å². The molecule has 26 heavy (non-hydrogen) atoms. The molecule has 8 nitrogen and oxygen atoms in total. The zero-order valence-corrected chi connectivity index (χ0v) is 13.3. The van der Waals surface area contributed by atoms with Gasteiger partial charge in [-0.3, -0.25) is 9.36 Å². The number of aromatic nitrogens is 4. The highest BCUT2D eigenvalue weighted by molar-refractivity contribution is 6.07. The molecule has 132 valence electrons.